The third-order valence-electron chi connectivity index (χ3n) is 3.82. The van der Waals surface area contributed by atoms with E-state index in [0.717, 1.165) is 32.1 Å². The van der Waals surface area contributed by atoms with Crippen LogP contribution >= 0.6 is 26.6 Å². The van der Waals surface area contributed by atoms with Gasteiger partial charge in [0.25, 0.3) is 0 Å². The minimum Gasteiger partial charge on any atom is -0.490 e. The van der Waals surface area contributed by atoms with E-state index >= 15 is 0 Å². The van der Waals surface area contributed by atoms with Crippen molar-refractivity contribution in [1.29, 1.82) is 0 Å². The first-order valence-corrected chi connectivity index (χ1v) is 10.1. The Hall–Kier alpha value is -0.330. The summed E-state index contributed by atoms with van der Waals surface area (Å²) in [6, 6.07) is 4.44. The number of benzene rings is 1. The Balaban J connectivity index is 2.14. The summed E-state index contributed by atoms with van der Waals surface area (Å²) in [5, 5.41) is 0. The molecule has 0 aliphatic heterocycles. The van der Waals surface area contributed by atoms with E-state index in [0.29, 0.717) is 4.47 Å². The predicted octanol–water partition coefficient (Wildman–Crippen LogP) is 4.49. The zero-order chi connectivity index (χ0) is 15.5. The lowest BCUT2D eigenvalue weighted by atomic mass is 9.76. The molecule has 1 fully saturated rings. The number of hydrogen-bond donors (Lipinski definition) is 0. The van der Waals surface area contributed by atoms with Gasteiger partial charge < -0.3 is 4.74 Å². The lowest BCUT2D eigenvalue weighted by Crippen LogP contribution is -2.37. The number of rotatable bonds is 5. The fourth-order valence-electron chi connectivity index (χ4n) is 2.82. The monoisotopic (exact) mass is 398 g/mol. The molecule has 3 nitrogen and oxygen atoms in total. The van der Waals surface area contributed by atoms with E-state index in [9.17, 15) is 12.8 Å². The Kier molecular flexibility index (Phi) is 5.54. The van der Waals surface area contributed by atoms with Crippen molar-refractivity contribution in [3.63, 3.8) is 0 Å². The van der Waals surface area contributed by atoms with Crippen LogP contribution < -0.4 is 4.74 Å². The van der Waals surface area contributed by atoms with Crippen LogP contribution in [0.15, 0.2) is 22.7 Å². The molecule has 0 heterocycles. The highest BCUT2D eigenvalue weighted by atomic mass is 79.9. The summed E-state index contributed by atoms with van der Waals surface area (Å²) >= 11 is 3.26. The van der Waals surface area contributed by atoms with Crippen LogP contribution in [0.4, 0.5) is 4.39 Å². The second-order valence-corrected chi connectivity index (χ2v) is 9.30. The fourth-order valence-corrected chi connectivity index (χ4v) is 4.95. The molecule has 0 saturated heterocycles. The molecular formula is C14H17BrClFO3S. The van der Waals surface area contributed by atoms with E-state index in [4.69, 9.17) is 15.4 Å². The minimum absolute atomic E-state index is 0.126. The molecular weight excluding hydrogens is 383 g/mol. The quantitative estimate of drug-likeness (QED) is 0.685. The molecule has 1 aliphatic rings. The van der Waals surface area contributed by atoms with E-state index in [1.54, 1.807) is 12.1 Å². The first kappa shape index (κ1) is 17.0. The van der Waals surface area contributed by atoms with E-state index in [1.165, 1.54) is 6.07 Å². The molecule has 1 aromatic rings. The van der Waals surface area contributed by atoms with Crippen LogP contribution in [0.25, 0.3) is 0 Å². The molecule has 0 aromatic heterocycles. The Morgan fingerprint density at radius 2 is 1.95 bits per heavy atom. The van der Waals surface area contributed by atoms with Gasteiger partial charge in [-0.05, 0) is 31.0 Å². The van der Waals surface area contributed by atoms with E-state index in [-0.39, 0.29) is 18.1 Å². The van der Waals surface area contributed by atoms with Gasteiger partial charge in [-0.25, -0.2) is 12.8 Å². The summed E-state index contributed by atoms with van der Waals surface area (Å²) in [6.07, 6.45) is 4.42. The molecule has 0 N–H and O–H groups in total. The van der Waals surface area contributed by atoms with E-state index in [2.05, 4.69) is 15.9 Å². The highest BCUT2D eigenvalue weighted by Crippen LogP contribution is 2.39. The molecule has 0 bridgehead atoms. The van der Waals surface area contributed by atoms with Gasteiger partial charge in [-0.1, -0.05) is 35.2 Å². The largest absolute Gasteiger partial charge is 0.490 e. The molecule has 118 valence electrons. The van der Waals surface area contributed by atoms with Gasteiger partial charge in [-0.3, -0.25) is 0 Å². The molecule has 1 aromatic carbocycles. The van der Waals surface area contributed by atoms with E-state index < -0.39 is 20.3 Å². The first-order chi connectivity index (χ1) is 9.80. The first-order valence-electron chi connectivity index (χ1n) is 6.80. The van der Waals surface area contributed by atoms with Crippen molar-refractivity contribution in [2.75, 3.05) is 12.4 Å². The molecule has 0 unspecified atom stereocenters. The van der Waals surface area contributed by atoms with Gasteiger partial charge in [0.15, 0.2) is 11.6 Å². The Labute approximate surface area is 137 Å². The van der Waals surface area contributed by atoms with Gasteiger partial charge in [0, 0.05) is 20.6 Å². The maximum absolute atomic E-state index is 13.7. The van der Waals surface area contributed by atoms with E-state index in [1.807, 2.05) is 0 Å². The van der Waals surface area contributed by atoms with Crippen LogP contribution in [-0.4, -0.2) is 20.8 Å². The van der Waals surface area contributed by atoms with Gasteiger partial charge in [-0.15, -0.1) is 0 Å². The molecule has 1 aliphatic carbocycles. The van der Waals surface area contributed by atoms with Crippen LogP contribution in [0.2, 0.25) is 0 Å². The fraction of sp³-hybridized carbons (Fsp3) is 0.571. The topological polar surface area (TPSA) is 43.4 Å². The van der Waals surface area contributed by atoms with Gasteiger partial charge in [0.05, 0.1) is 12.4 Å². The van der Waals surface area contributed by atoms with Crippen molar-refractivity contribution >= 4 is 35.7 Å². The van der Waals surface area contributed by atoms with Gasteiger partial charge in [0.1, 0.15) is 0 Å². The average Bonchev–Trinajstić information content (AvgIpc) is 2.39. The maximum atomic E-state index is 13.7. The Morgan fingerprint density at radius 3 is 2.57 bits per heavy atom. The third-order valence-corrected chi connectivity index (χ3v) is 5.60. The normalized spacial score (nSPS) is 18.4. The second kappa shape index (κ2) is 6.84. The lowest BCUT2D eigenvalue weighted by molar-refractivity contribution is 0.116. The third kappa shape index (κ3) is 5.11. The molecule has 0 atom stereocenters. The van der Waals surface area contributed by atoms with Crippen LogP contribution in [0.1, 0.15) is 32.1 Å². The summed E-state index contributed by atoms with van der Waals surface area (Å²) in [5.74, 6) is -0.462. The second-order valence-electron chi connectivity index (χ2n) is 5.61. The SMILES string of the molecule is O=S(=O)(Cl)CC1(COc2cc(Br)ccc2F)CCCCC1. The minimum atomic E-state index is -3.62. The van der Waals surface area contributed by atoms with Crippen LogP contribution in [0.3, 0.4) is 0 Å². The van der Waals surface area contributed by atoms with Gasteiger partial charge in [0.2, 0.25) is 9.05 Å². The molecule has 21 heavy (non-hydrogen) atoms. The molecule has 0 spiro atoms. The molecule has 0 amide bonds. The molecule has 7 heteroatoms. The van der Waals surface area contributed by atoms with Crippen molar-refractivity contribution in [3.8, 4) is 5.75 Å². The van der Waals surface area contributed by atoms with Crippen molar-refractivity contribution < 1.29 is 17.5 Å². The van der Waals surface area contributed by atoms with Crippen molar-refractivity contribution in [2.24, 2.45) is 5.41 Å². The van der Waals surface area contributed by atoms with Crippen molar-refractivity contribution in [2.45, 2.75) is 32.1 Å². The zero-order valence-electron chi connectivity index (χ0n) is 11.4. The van der Waals surface area contributed by atoms with Crippen molar-refractivity contribution in [1.82, 2.24) is 0 Å². The Bertz CT molecular complexity index is 600. The summed E-state index contributed by atoms with van der Waals surface area (Å²) in [5.41, 5.74) is -0.520. The smallest absolute Gasteiger partial charge is 0.233 e. The number of hydrogen-bond acceptors (Lipinski definition) is 3. The zero-order valence-corrected chi connectivity index (χ0v) is 14.6. The molecule has 0 radical (unpaired) electrons. The van der Waals surface area contributed by atoms with Crippen LogP contribution in [0, 0.1) is 11.2 Å². The number of halogens is 3. The van der Waals surface area contributed by atoms with Gasteiger partial charge in [-0.2, -0.15) is 0 Å². The lowest BCUT2D eigenvalue weighted by Gasteiger charge is -2.35. The highest BCUT2D eigenvalue weighted by Gasteiger charge is 2.37. The maximum Gasteiger partial charge on any atom is 0.233 e. The summed E-state index contributed by atoms with van der Waals surface area (Å²) in [7, 11) is 1.81. The number of ether oxygens (including phenoxy) is 1. The van der Waals surface area contributed by atoms with Crippen LogP contribution in [0.5, 0.6) is 5.75 Å². The summed E-state index contributed by atoms with van der Waals surface area (Å²) < 4.78 is 42.9. The Morgan fingerprint density at radius 1 is 1.29 bits per heavy atom. The average molecular weight is 400 g/mol. The predicted molar refractivity (Wildman–Crippen MR) is 84.8 cm³/mol. The van der Waals surface area contributed by atoms with Crippen molar-refractivity contribution in [3.05, 3.63) is 28.5 Å². The molecule has 2 rings (SSSR count). The highest BCUT2D eigenvalue weighted by molar-refractivity contribution is 9.10. The van der Waals surface area contributed by atoms with Gasteiger partial charge >= 0.3 is 0 Å². The standard InChI is InChI=1S/C14H17BrClFO3S/c15-11-4-5-12(17)13(8-11)20-9-14(10-21(16,18)19)6-2-1-3-7-14/h4-5,8H,1-3,6-7,9-10H2. The molecule has 1 saturated carbocycles. The van der Waals surface area contributed by atoms with Crippen LogP contribution in [-0.2, 0) is 9.05 Å². The summed E-state index contributed by atoms with van der Waals surface area (Å²) in [4.78, 5) is 0. The summed E-state index contributed by atoms with van der Waals surface area (Å²) in [6.45, 7) is 0.159.